The van der Waals surface area contributed by atoms with Crippen LogP contribution in [-0.2, 0) is 6.54 Å². The molecular weight excluding hydrogens is 246 g/mol. The summed E-state index contributed by atoms with van der Waals surface area (Å²) in [6.45, 7) is 2.85. The van der Waals surface area contributed by atoms with Crippen LogP contribution >= 0.6 is 11.6 Å². The van der Waals surface area contributed by atoms with Crippen molar-refractivity contribution in [3.8, 4) is 12.3 Å². The lowest BCUT2D eigenvalue weighted by molar-refractivity contribution is 0.503. The van der Waals surface area contributed by atoms with E-state index in [2.05, 4.69) is 23.1 Å². The van der Waals surface area contributed by atoms with Crippen LogP contribution in [0.1, 0.15) is 25.5 Å². The van der Waals surface area contributed by atoms with Gasteiger partial charge < -0.3 is 9.72 Å². The first-order valence-corrected chi connectivity index (χ1v) is 6.40. The van der Waals surface area contributed by atoms with E-state index in [1.54, 1.807) is 0 Å². The quantitative estimate of drug-likeness (QED) is 0.839. The van der Waals surface area contributed by atoms with Crippen LogP contribution in [-0.4, -0.2) is 15.4 Å². The van der Waals surface area contributed by atoms with Gasteiger partial charge in [-0.05, 0) is 18.6 Å². The Hall–Kier alpha value is -1.50. The number of hydrogen-bond donors (Lipinski definition) is 1. The van der Waals surface area contributed by atoms with E-state index in [1.165, 1.54) is 0 Å². The zero-order chi connectivity index (χ0) is 13.0. The fraction of sp³-hybridized carbons (Fsp3) is 0.357. The highest BCUT2D eigenvalue weighted by Crippen LogP contribution is 2.12. The van der Waals surface area contributed by atoms with E-state index >= 15 is 0 Å². The molecule has 1 atom stereocenters. The van der Waals surface area contributed by atoms with Crippen LogP contribution < -0.4 is 5.32 Å². The fourth-order valence-electron chi connectivity index (χ4n) is 1.85. The van der Waals surface area contributed by atoms with E-state index in [0.717, 1.165) is 30.7 Å². The fourth-order valence-corrected chi connectivity index (χ4v) is 2.02. The number of pyridine rings is 1. The molecule has 0 bridgehead atoms. The number of nitrogens with one attached hydrogen (secondary N) is 1. The third-order valence-corrected chi connectivity index (χ3v) is 3.12. The number of imidazole rings is 1. The lowest BCUT2D eigenvalue weighted by Crippen LogP contribution is -2.27. The number of fused-ring (bicyclic) bond motifs is 1. The molecule has 18 heavy (non-hydrogen) atoms. The SMILES string of the molecule is C#CCC(CC)NCc1cn2cc(Cl)ccc2n1. The molecule has 2 heterocycles. The van der Waals surface area contributed by atoms with Gasteiger partial charge in [0, 0.05) is 31.4 Å². The molecule has 0 radical (unpaired) electrons. The Morgan fingerprint density at radius 2 is 2.33 bits per heavy atom. The minimum absolute atomic E-state index is 0.350. The molecule has 0 amide bonds. The second-order valence-corrected chi connectivity index (χ2v) is 4.68. The van der Waals surface area contributed by atoms with E-state index in [0.29, 0.717) is 11.1 Å². The summed E-state index contributed by atoms with van der Waals surface area (Å²) < 4.78 is 1.93. The number of rotatable bonds is 5. The standard InChI is InChI=1S/C14H16ClN3/c1-3-5-12(4-2)16-8-13-10-18-9-11(15)6-7-14(18)17-13/h1,6-7,9-10,12,16H,4-5,8H2,2H3. The molecule has 3 nitrogen and oxygen atoms in total. The molecule has 0 spiro atoms. The number of nitrogens with zero attached hydrogens (tertiary/aromatic N) is 2. The number of hydrogen-bond acceptors (Lipinski definition) is 2. The molecule has 0 fully saturated rings. The predicted molar refractivity (Wildman–Crippen MR) is 74.6 cm³/mol. The van der Waals surface area contributed by atoms with E-state index in [1.807, 2.05) is 28.9 Å². The average molecular weight is 262 g/mol. The summed E-state index contributed by atoms with van der Waals surface area (Å²) in [5.74, 6) is 2.68. The van der Waals surface area contributed by atoms with Crippen molar-refractivity contribution in [2.24, 2.45) is 0 Å². The Morgan fingerprint density at radius 3 is 3.06 bits per heavy atom. The molecule has 1 unspecified atom stereocenters. The molecule has 2 rings (SSSR count). The van der Waals surface area contributed by atoms with E-state index < -0.39 is 0 Å². The normalized spacial score (nSPS) is 12.5. The topological polar surface area (TPSA) is 29.3 Å². The van der Waals surface area contributed by atoms with Crippen molar-refractivity contribution < 1.29 is 0 Å². The molecule has 2 aromatic heterocycles. The molecule has 1 N–H and O–H groups in total. The van der Waals surface area contributed by atoms with E-state index in [4.69, 9.17) is 18.0 Å². The van der Waals surface area contributed by atoms with Gasteiger partial charge in [0.1, 0.15) is 5.65 Å². The largest absolute Gasteiger partial charge is 0.307 e. The van der Waals surface area contributed by atoms with Gasteiger partial charge in [-0.25, -0.2) is 4.98 Å². The van der Waals surface area contributed by atoms with Crippen LogP contribution in [0.25, 0.3) is 5.65 Å². The first-order chi connectivity index (χ1) is 8.72. The van der Waals surface area contributed by atoms with E-state index in [9.17, 15) is 0 Å². The Kier molecular flexibility index (Phi) is 4.24. The molecule has 94 valence electrons. The van der Waals surface area contributed by atoms with Crippen molar-refractivity contribution in [1.82, 2.24) is 14.7 Å². The molecule has 0 aromatic carbocycles. The molecule has 0 aliphatic carbocycles. The maximum Gasteiger partial charge on any atom is 0.137 e. The number of halogens is 1. The number of terminal acetylenes is 1. The Bertz CT molecular complexity index is 568. The minimum Gasteiger partial charge on any atom is -0.307 e. The van der Waals surface area contributed by atoms with Gasteiger partial charge in [0.05, 0.1) is 10.7 Å². The summed E-state index contributed by atoms with van der Waals surface area (Å²) >= 11 is 5.93. The lowest BCUT2D eigenvalue weighted by atomic mass is 10.1. The van der Waals surface area contributed by atoms with Gasteiger partial charge >= 0.3 is 0 Å². The Labute approximate surface area is 112 Å². The summed E-state index contributed by atoms with van der Waals surface area (Å²) in [5.41, 5.74) is 1.90. The zero-order valence-corrected chi connectivity index (χ0v) is 11.1. The second-order valence-electron chi connectivity index (χ2n) is 4.24. The monoisotopic (exact) mass is 261 g/mol. The van der Waals surface area contributed by atoms with Crippen molar-refractivity contribution in [3.63, 3.8) is 0 Å². The van der Waals surface area contributed by atoms with Gasteiger partial charge in [0.25, 0.3) is 0 Å². The molecule has 0 aliphatic heterocycles. The highest BCUT2D eigenvalue weighted by Gasteiger charge is 2.06. The molecule has 2 aromatic rings. The van der Waals surface area contributed by atoms with Crippen molar-refractivity contribution >= 4 is 17.2 Å². The summed E-state index contributed by atoms with van der Waals surface area (Å²) in [6, 6.07) is 4.10. The van der Waals surface area contributed by atoms with Gasteiger partial charge in [-0.2, -0.15) is 0 Å². The van der Waals surface area contributed by atoms with Gasteiger partial charge in [0.2, 0.25) is 0 Å². The highest BCUT2D eigenvalue weighted by molar-refractivity contribution is 6.30. The summed E-state index contributed by atoms with van der Waals surface area (Å²) in [6.07, 6.45) is 10.9. The Morgan fingerprint density at radius 1 is 1.50 bits per heavy atom. The summed E-state index contributed by atoms with van der Waals surface area (Å²) in [4.78, 5) is 4.51. The molecule has 0 saturated heterocycles. The van der Waals surface area contributed by atoms with Gasteiger partial charge in [-0.3, -0.25) is 0 Å². The van der Waals surface area contributed by atoms with Crippen molar-refractivity contribution in [2.45, 2.75) is 32.4 Å². The average Bonchev–Trinajstić information content (AvgIpc) is 2.76. The van der Waals surface area contributed by atoms with E-state index in [-0.39, 0.29) is 0 Å². The first kappa shape index (κ1) is 12.9. The summed E-state index contributed by atoms with van der Waals surface area (Å²) in [7, 11) is 0. The molecule has 0 saturated carbocycles. The van der Waals surface area contributed by atoms with Gasteiger partial charge in [0.15, 0.2) is 0 Å². The molecular formula is C14H16ClN3. The summed E-state index contributed by atoms with van der Waals surface area (Å²) in [5, 5.41) is 4.12. The van der Waals surface area contributed by atoms with Crippen LogP contribution in [0.4, 0.5) is 0 Å². The highest BCUT2D eigenvalue weighted by atomic mass is 35.5. The van der Waals surface area contributed by atoms with Gasteiger partial charge in [-0.15, -0.1) is 12.3 Å². The van der Waals surface area contributed by atoms with Crippen LogP contribution in [0.5, 0.6) is 0 Å². The van der Waals surface area contributed by atoms with Crippen molar-refractivity contribution in [1.29, 1.82) is 0 Å². The van der Waals surface area contributed by atoms with Crippen molar-refractivity contribution in [3.05, 3.63) is 35.2 Å². The minimum atomic E-state index is 0.350. The smallest absolute Gasteiger partial charge is 0.137 e. The van der Waals surface area contributed by atoms with Crippen LogP contribution in [0.15, 0.2) is 24.5 Å². The Balaban J connectivity index is 2.06. The van der Waals surface area contributed by atoms with Gasteiger partial charge in [-0.1, -0.05) is 18.5 Å². The van der Waals surface area contributed by atoms with Crippen LogP contribution in [0.3, 0.4) is 0 Å². The maximum atomic E-state index is 5.93. The second kappa shape index (κ2) is 5.90. The zero-order valence-electron chi connectivity index (χ0n) is 10.4. The first-order valence-electron chi connectivity index (χ1n) is 6.03. The third kappa shape index (κ3) is 3.04. The molecule has 4 heteroatoms. The van der Waals surface area contributed by atoms with Crippen LogP contribution in [0.2, 0.25) is 5.02 Å². The third-order valence-electron chi connectivity index (χ3n) is 2.89. The maximum absolute atomic E-state index is 5.93. The molecule has 0 aliphatic rings. The van der Waals surface area contributed by atoms with Crippen molar-refractivity contribution in [2.75, 3.05) is 0 Å². The lowest BCUT2D eigenvalue weighted by Gasteiger charge is -2.12. The van der Waals surface area contributed by atoms with Crippen LogP contribution in [0, 0.1) is 12.3 Å². The number of aromatic nitrogens is 2. The predicted octanol–water partition coefficient (Wildman–Crippen LogP) is 2.88.